The molecule has 1 saturated heterocycles. The monoisotopic (exact) mass is 494 g/mol. The second kappa shape index (κ2) is 8.60. The molecule has 1 aliphatic carbocycles. The maximum Gasteiger partial charge on any atom is 0.253 e. The van der Waals surface area contributed by atoms with E-state index in [9.17, 15) is 23.0 Å². The van der Waals surface area contributed by atoms with E-state index in [1.54, 1.807) is 6.07 Å². The molecule has 1 aromatic carbocycles. The summed E-state index contributed by atoms with van der Waals surface area (Å²) in [5.41, 5.74) is 4.35. The number of hydrogen-bond acceptors (Lipinski definition) is 7. The van der Waals surface area contributed by atoms with Gasteiger partial charge in [0.15, 0.2) is 5.82 Å². The third kappa shape index (κ3) is 4.26. The van der Waals surface area contributed by atoms with Crippen molar-refractivity contribution in [3.63, 3.8) is 0 Å². The van der Waals surface area contributed by atoms with Crippen LogP contribution in [0.3, 0.4) is 0 Å². The Labute approximate surface area is 200 Å². The van der Waals surface area contributed by atoms with Gasteiger partial charge in [-0.25, -0.2) is 22.4 Å². The van der Waals surface area contributed by atoms with Crippen LogP contribution >= 0.6 is 11.0 Å². The van der Waals surface area contributed by atoms with Gasteiger partial charge in [-0.05, 0) is 79.1 Å². The molecule has 2 aromatic rings. The molecule has 3 heterocycles. The number of pyridine rings is 1. The minimum atomic E-state index is -3.43. The van der Waals surface area contributed by atoms with Gasteiger partial charge in [0.25, 0.3) is 5.92 Å². The Bertz CT molecular complexity index is 1080. The Hall–Kier alpha value is -1.98. The van der Waals surface area contributed by atoms with Crippen LogP contribution in [0.4, 0.5) is 20.3 Å². The molecule has 1 aromatic heterocycles. The van der Waals surface area contributed by atoms with Crippen molar-refractivity contribution < 1.29 is 23.0 Å². The van der Waals surface area contributed by atoms with E-state index >= 15 is 0 Å². The maximum atomic E-state index is 13.5. The molecule has 7 nitrogen and oxygen atoms in total. The molecule has 1 unspecified atom stereocenters. The van der Waals surface area contributed by atoms with Crippen molar-refractivity contribution in [3.8, 4) is 11.3 Å². The lowest BCUT2D eigenvalue weighted by Gasteiger charge is -2.41. The Kier molecular flexibility index (Phi) is 6.01. The second-order valence-corrected chi connectivity index (χ2v) is 11.8. The molecule has 3 N–H and O–H groups in total. The van der Waals surface area contributed by atoms with Crippen LogP contribution in [-0.4, -0.2) is 63.3 Å². The zero-order valence-electron chi connectivity index (χ0n) is 19.5. The number of hydrogen-bond donors (Lipinski definition) is 3. The SMILES string of the molecule is Cc1ccc(CN2CCC(CO)CC2)cc1-c1ccc2c(n1)N(C)S(O)(O)N2CC1CC1(F)F. The highest BCUT2D eigenvalue weighted by atomic mass is 32.3. The average Bonchev–Trinajstić information content (AvgIpc) is 3.38. The van der Waals surface area contributed by atoms with E-state index in [2.05, 4.69) is 23.1 Å². The van der Waals surface area contributed by atoms with Crippen molar-refractivity contribution in [2.75, 3.05) is 41.9 Å². The largest absolute Gasteiger partial charge is 0.396 e. The van der Waals surface area contributed by atoms with Gasteiger partial charge >= 0.3 is 0 Å². The van der Waals surface area contributed by atoms with E-state index in [1.807, 2.05) is 13.0 Å². The Morgan fingerprint density at radius 2 is 1.85 bits per heavy atom. The molecule has 0 amide bonds. The Morgan fingerprint density at radius 1 is 1.15 bits per heavy atom. The highest BCUT2D eigenvalue weighted by molar-refractivity contribution is 8.26. The van der Waals surface area contributed by atoms with E-state index in [4.69, 9.17) is 4.98 Å². The fourth-order valence-electron chi connectivity index (χ4n) is 4.91. The van der Waals surface area contributed by atoms with Gasteiger partial charge in [-0.1, -0.05) is 12.1 Å². The van der Waals surface area contributed by atoms with Gasteiger partial charge in [-0.2, -0.15) is 0 Å². The minimum Gasteiger partial charge on any atom is -0.396 e. The first kappa shape index (κ1) is 23.7. The van der Waals surface area contributed by atoms with Crippen LogP contribution in [-0.2, 0) is 6.54 Å². The van der Waals surface area contributed by atoms with Crippen molar-refractivity contribution in [1.82, 2.24) is 9.88 Å². The third-order valence-electron chi connectivity index (χ3n) is 7.38. The number of piperidine rings is 1. The number of aliphatic hydroxyl groups excluding tert-OH is 1. The minimum absolute atomic E-state index is 0.116. The van der Waals surface area contributed by atoms with Gasteiger partial charge in [-0.15, -0.1) is 0 Å². The zero-order valence-corrected chi connectivity index (χ0v) is 20.3. The number of rotatable bonds is 6. The van der Waals surface area contributed by atoms with Gasteiger partial charge in [0, 0.05) is 44.6 Å². The lowest BCUT2D eigenvalue weighted by Crippen LogP contribution is -2.34. The van der Waals surface area contributed by atoms with E-state index in [0.29, 0.717) is 23.1 Å². The smallest absolute Gasteiger partial charge is 0.253 e. The van der Waals surface area contributed by atoms with Crippen LogP contribution in [0.2, 0.25) is 0 Å². The Balaban J connectivity index is 1.39. The van der Waals surface area contributed by atoms with Gasteiger partial charge in [-0.3, -0.25) is 14.0 Å². The molecule has 34 heavy (non-hydrogen) atoms. The number of benzene rings is 1. The van der Waals surface area contributed by atoms with Crippen LogP contribution in [0, 0.1) is 18.8 Å². The summed E-state index contributed by atoms with van der Waals surface area (Å²) in [7, 11) is -1.89. The molecule has 1 atom stereocenters. The molecule has 1 saturated carbocycles. The average molecular weight is 495 g/mol. The summed E-state index contributed by atoms with van der Waals surface area (Å²) in [6.45, 7) is 4.90. The van der Waals surface area contributed by atoms with Gasteiger partial charge < -0.3 is 5.11 Å². The molecule has 5 rings (SSSR count). The standard InChI is InChI=1S/C24H32F2N4O3S/c1-16-3-4-18(13-29-9-7-17(15-31)8-10-29)11-20(16)21-5-6-22-23(27-21)28(2)34(32,33)30(22)14-19-12-24(19,25)26/h3-6,11,17,19,31-33H,7-10,12-15H2,1-2H3. The highest BCUT2D eigenvalue weighted by Crippen LogP contribution is 2.62. The fourth-order valence-corrected chi connectivity index (χ4v) is 6.36. The van der Waals surface area contributed by atoms with Crippen molar-refractivity contribution in [3.05, 3.63) is 41.5 Å². The normalized spacial score (nSPS) is 24.9. The van der Waals surface area contributed by atoms with Gasteiger partial charge in [0.1, 0.15) is 5.69 Å². The summed E-state index contributed by atoms with van der Waals surface area (Å²) in [4.78, 5) is 7.13. The summed E-state index contributed by atoms with van der Waals surface area (Å²) >= 11 is 0. The quantitative estimate of drug-likeness (QED) is 0.534. The van der Waals surface area contributed by atoms with Crippen LogP contribution in [0.15, 0.2) is 30.3 Å². The van der Waals surface area contributed by atoms with Crippen molar-refractivity contribution >= 4 is 22.5 Å². The summed E-state index contributed by atoms with van der Waals surface area (Å²) < 4.78 is 51.1. The summed E-state index contributed by atoms with van der Waals surface area (Å²) in [5, 5.41) is 9.37. The highest BCUT2D eigenvalue weighted by Gasteiger charge is 2.59. The molecular weight excluding hydrogens is 462 g/mol. The van der Waals surface area contributed by atoms with Crippen LogP contribution in [0.5, 0.6) is 0 Å². The molecule has 186 valence electrons. The number of nitrogens with zero attached hydrogens (tertiary/aromatic N) is 4. The lowest BCUT2D eigenvalue weighted by atomic mass is 9.96. The van der Waals surface area contributed by atoms with Crippen LogP contribution in [0.25, 0.3) is 11.3 Å². The summed E-state index contributed by atoms with van der Waals surface area (Å²) in [6.07, 6.45) is 1.78. The first-order valence-electron chi connectivity index (χ1n) is 11.7. The molecule has 0 radical (unpaired) electrons. The lowest BCUT2D eigenvalue weighted by molar-refractivity contribution is 0.101. The molecule has 2 fully saturated rings. The second-order valence-electron chi connectivity index (χ2n) is 9.80. The topological polar surface area (TPSA) is 83.3 Å². The number of aryl methyl sites for hydroxylation is 1. The molecule has 0 spiro atoms. The Morgan fingerprint density at radius 3 is 2.50 bits per heavy atom. The van der Waals surface area contributed by atoms with Crippen molar-refractivity contribution in [2.24, 2.45) is 11.8 Å². The van der Waals surface area contributed by atoms with E-state index in [-0.39, 0.29) is 19.6 Å². The molecule has 3 aliphatic rings. The molecule has 0 bridgehead atoms. The van der Waals surface area contributed by atoms with Gasteiger partial charge in [0.2, 0.25) is 0 Å². The number of alkyl halides is 2. The van der Waals surface area contributed by atoms with Crippen molar-refractivity contribution in [2.45, 2.75) is 38.7 Å². The first-order valence-corrected chi connectivity index (χ1v) is 13.2. The number of aliphatic hydroxyl groups is 1. The number of likely N-dealkylation sites (tertiary alicyclic amines) is 1. The maximum absolute atomic E-state index is 13.5. The summed E-state index contributed by atoms with van der Waals surface area (Å²) in [5.74, 6) is -2.83. The zero-order chi connectivity index (χ0) is 24.3. The predicted molar refractivity (Wildman–Crippen MR) is 131 cm³/mol. The van der Waals surface area contributed by atoms with Crippen LogP contribution in [0.1, 0.15) is 30.4 Å². The van der Waals surface area contributed by atoms with Crippen molar-refractivity contribution in [1.29, 1.82) is 0 Å². The number of halogens is 2. The van der Waals surface area contributed by atoms with E-state index in [0.717, 1.165) is 43.6 Å². The molecular formula is C24H32F2N4O3S. The van der Waals surface area contributed by atoms with E-state index in [1.165, 1.54) is 21.2 Å². The number of aromatic nitrogens is 1. The van der Waals surface area contributed by atoms with Crippen LogP contribution < -0.4 is 8.61 Å². The number of anilines is 2. The van der Waals surface area contributed by atoms with E-state index < -0.39 is 22.8 Å². The number of fused-ring (bicyclic) bond motifs is 1. The van der Waals surface area contributed by atoms with Gasteiger partial charge in [0.05, 0.1) is 5.69 Å². The fraction of sp³-hybridized carbons (Fsp3) is 0.542. The summed E-state index contributed by atoms with van der Waals surface area (Å²) in [6, 6.07) is 9.88. The first-order chi connectivity index (χ1) is 16.1. The molecule has 10 heteroatoms. The predicted octanol–water partition coefficient (Wildman–Crippen LogP) is 4.75. The third-order valence-corrected chi connectivity index (χ3v) is 9.22. The molecule has 2 aliphatic heterocycles.